The van der Waals surface area contributed by atoms with Crippen molar-refractivity contribution >= 4 is 0 Å². The highest BCUT2D eigenvalue weighted by atomic mass is 15.0. The Morgan fingerprint density at radius 3 is 2.59 bits per heavy atom. The van der Waals surface area contributed by atoms with E-state index in [1.54, 1.807) is 6.20 Å². The molecule has 17 heavy (non-hydrogen) atoms. The summed E-state index contributed by atoms with van der Waals surface area (Å²) < 4.78 is 0. The Labute approximate surface area is 98.4 Å². The topological polar surface area (TPSA) is 89.1 Å². The highest BCUT2D eigenvalue weighted by Gasteiger charge is 2.11. The molecular weight excluding hydrogens is 214 g/mol. The first-order valence-electron chi connectivity index (χ1n) is 5.14. The minimum atomic E-state index is 0.101. The van der Waals surface area contributed by atoms with E-state index in [1.807, 2.05) is 31.2 Å². The van der Waals surface area contributed by atoms with Gasteiger partial charge in [0.05, 0.1) is 0 Å². The van der Waals surface area contributed by atoms with Crippen LogP contribution in [0.1, 0.15) is 23.9 Å². The highest BCUT2D eigenvalue weighted by molar-refractivity contribution is 5.54. The molecule has 0 aliphatic heterocycles. The summed E-state index contributed by atoms with van der Waals surface area (Å²) in [6.07, 6.45) is 2.67. The van der Waals surface area contributed by atoms with Crippen LogP contribution in [0.4, 0.5) is 0 Å². The van der Waals surface area contributed by atoms with Crippen LogP contribution in [0.25, 0.3) is 11.5 Å². The maximum Gasteiger partial charge on any atom is 0.177 e. The standard InChI is InChI=1S/C12H9N5/c1-2-8-3-4-9(15-7-8)12-16-10(5-13)11(6-14)17-12/h3-4,7H,2H2,1H3,(H,16,17). The van der Waals surface area contributed by atoms with E-state index < -0.39 is 0 Å². The van der Waals surface area contributed by atoms with E-state index in [2.05, 4.69) is 15.0 Å². The maximum atomic E-state index is 8.80. The lowest BCUT2D eigenvalue weighted by Crippen LogP contribution is -1.88. The van der Waals surface area contributed by atoms with Gasteiger partial charge in [-0.3, -0.25) is 4.98 Å². The van der Waals surface area contributed by atoms with Crippen LogP contribution in [0.15, 0.2) is 18.3 Å². The van der Waals surface area contributed by atoms with Crippen LogP contribution in [0.3, 0.4) is 0 Å². The highest BCUT2D eigenvalue weighted by Crippen LogP contribution is 2.15. The van der Waals surface area contributed by atoms with Gasteiger partial charge in [0.1, 0.15) is 17.8 Å². The van der Waals surface area contributed by atoms with Gasteiger partial charge in [0.2, 0.25) is 0 Å². The van der Waals surface area contributed by atoms with E-state index in [-0.39, 0.29) is 11.4 Å². The summed E-state index contributed by atoms with van der Waals surface area (Å²) >= 11 is 0. The minimum absolute atomic E-state index is 0.101. The molecule has 0 aromatic carbocycles. The van der Waals surface area contributed by atoms with Crippen molar-refractivity contribution < 1.29 is 0 Å². The van der Waals surface area contributed by atoms with Crippen molar-refractivity contribution in [2.24, 2.45) is 0 Å². The molecule has 1 N–H and O–H groups in total. The Morgan fingerprint density at radius 2 is 2.12 bits per heavy atom. The first-order valence-corrected chi connectivity index (χ1v) is 5.14. The summed E-state index contributed by atoms with van der Waals surface area (Å²) in [5, 5.41) is 17.6. The fraction of sp³-hybridized carbons (Fsp3) is 0.167. The Bertz CT molecular complexity index is 578. The molecule has 82 valence electrons. The number of imidazole rings is 1. The van der Waals surface area contributed by atoms with Crippen LogP contribution in [-0.2, 0) is 6.42 Å². The van der Waals surface area contributed by atoms with Crippen molar-refractivity contribution in [3.8, 4) is 23.7 Å². The second-order valence-corrected chi connectivity index (χ2v) is 3.44. The number of H-pyrrole nitrogens is 1. The van der Waals surface area contributed by atoms with Gasteiger partial charge >= 0.3 is 0 Å². The van der Waals surface area contributed by atoms with Crippen molar-refractivity contribution in [2.75, 3.05) is 0 Å². The lowest BCUT2D eigenvalue weighted by Gasteiger charge is -1.97. The minimum Gasteiger partial charge on any atom is -0.327 e. The fourth-order valence-electron chi connectivity index (χ4n) is 1.43. The SMILES string of the molecule is CCc1ccc(-c2nc(C#N)c(C#N)[nH]2)nc1. The van der Waals surface area contributed by atoms with Crippen LogP contribution in [0.2, 0.25) is 0 Å². The van der Waals surface area contributed by atoms with E-state index in [0.29, 0.717) is 11.5 Å². The Balaban J connectivity index is 2.43. The number of nitrogens with one attached hydrogen (secondary N) is 1. The van der Waals surface area contributed by atoms with E-state index in [1.165, 1.54) is 0 Å². The lowest BCUT2D eigenvalue weighted by molar-refractivity contribution is 1.10. The van der Waals surface area contributed by atoms with Gasteiger partial charge in [-0.25, -0.2) is 4.98 Å². The monoisotopic (exact) mass is 223 g/mol. The molecule has 0 spiro atoms. The van der Waals surface area contributed by atoms with E-state index in [0.717, 1.165) is 12.0 Å². The molecule has 0 saturated heterocycles. The number of aromatic amines is 1. The number of hydrogen-bond acceptors (Lipinski definition) is 4. The van der Waals surface area contributed by atoms with E-state index in [4.69, 9.17) is 10.5 Å². The molecule has 0 amide bonds. The summed E-state index contributed by atoms with van der Waals surface area (Å²) in [4.78, 5) is 11.0. The molecule has 0 saturated carbocycles. The fourth-order valence-corrected chi connectivity index (χ4v) is 1.43. The normalized spacial score (nSPS) is 9.59. The van der Waals surface area contributed by atoms with Gasteiger partial charge in [0.25, 0.3) is 0 Å². The zero-order valence-corrected chi connectivity index (χ0v) is 9.23. The van der Waals surface area contributed by atoms with Crippen LogP contribution >= 0.6 is 0 Å². The van der Waals surface area contributed by atoms with Gasteiger partial charge < -0.3 is 4.98 Å². The molecule has 0 atom stereocenters. The first-order chi connectivity index (χ1) is 8.28. The summed E-state index contributed by atoms with van der Waals surface area (Å²) in [6, 6.07) is 7.52. The molecule has 0 fully saturated rings. The molecule has 2 aromatic rings. The second kappa shape index (κ2) is 4.46. The van der Waals surface area contributed by atoms with Crippen LogP contribution in [0, 0.1) is 22.7 Å². The van der Waals surface area contributed by atoms with Crippen molar-refractivity contribution in [2.45, 2.75) is 13.3 Å². The summed E-state index contributed by atoms with van der Waals surface area (Å²) in [7, 11) is 0. The van der Waals surface area contributed by atoms with Crippen molar-refractivity contribution in [1.29, 1.82) is 10.5 Å². The molecule has 0 bridgehead atoms. The van der Waals surface area contributed by atoms with Gasteiger partial charge in [-0.05, 0) is 18.1 Å². The zero-order chi connectivity index (χ0) is 12.3. The predicted octanol–water partition coefficient (Wildman–Crippen LogP) is 1.78. The quantitative estimate of drug-likeness (QED) is 0.840. The smallest absolute Gasteiger partial charge is 0.177 e. The van der Waals surface area contributed by atoms with Gasteiger partial charge in [0, 0.05) is 6.20 Å². The molecule has 0 aliphatic rings. The molecule has 2 heterocycles. The third-order valence-corrected chi connectivity index (χ3v) is 2.40. The molecule has 2 rings (SSSR count). The number of nitriles is 2. The number of pyridine rings is 1. The molecule has 5 heteroatoms. The lowest BCUT2D eigenvalue weighted by atomic mass is 10.2. The van der Waals surface area contributed by atoms with E-state index in [9.17, 15) is 0 Å². The van der Waals surface area contributed by atoms with Crippen LogP contribution in [-0.4, -0.2) is 15.0 Å². The van der Waals surface area contributed by atoms with Gasteiger partial charge in [0.15, 0.2) is 17.2 Å². The summed E-state index contributed by atoms with van der Waals surface area (Å²) in [6.45, 7) is 2.05. The zero-order valence-electron chi connectivity index (χ0n) is 9.23. The summed E-state index contributed by atoms with van der Waals surface area (Å²) in [5.41, 5.74) is 2.02. The number of aryl methyl sites for hydroxylation is 1. The Hall–Kier alpha value is -2.66. The Morgan fingerprint density at radius 1 is 1.29 bits per heavy atom. The number of rotatable bonds is 2. The molecule has 0 radical (unpaired) electrons. The van der Waals surface area contributed by atoms with Crippen molar-refractivity contribution in [1.82, 2.24) is 15.0 Å². The van der Waals surface area contributed by atoms with Gasteiger partial charge in [-0.2, -0.15) is 10.5 Å². The third-order valence-electron chi connectivity index (χ3n) is 2.40. The third kappa shape index (κ3) is 1.99. The molecular formula is C12H9N5. The summed E-state index contributed by atoms with van der Waals surface area (Å²) in [5.74, 6) is 0.445. The van der Waals surface area contributed by atoms with Crippen molar-refractivity contribution in [3.63, 3.8) is 0 Å². The number of nitrogens with zero attached hydrogens (tertiary/aromatic N) is 4. The average molecular weight is 223 g/mol. The van der Waals surface area contributed by atoms with E-state index >= 15 is 0 Å². The second-order valence-electron chi connectivity index (χ2n) is 3.44. The van der Waals surface area contributed by atoms with Crippen LogP contribution in [0.5, 0.6) is 0 Å². The van der Waals surface area contributed by atoms with Crippen molar-refractivity contribution in [3.05, 3.63) is 35.3 Å². The molecule has 0 unspecified atom stereocenters. The van der Waals surface area contributed by atoms with Gasteiger partial charge in [-0.1, -0.05) is 13.0 Å². The average Bonchev–Trinajstić information content (AvgIpc) is 2.82. The molecule has 5 nitrogen and oxygen atoms in total. The maximum absolute atomic E-state index is 8.80. The number of hydrogen-bond donors (Lipinski definition) is 1. The predicted molar refractivity (Wildman–Crippen MR) is 60.6 cm³/mol. The first kappa shape index (κ1) is 10.8. The molecule has 0 aliphatic carbocycles. The van der Waals surface area contributed by atoms with Crippen LogP contribution < -0.4 is 0 Å². The number of aromatic nitrogens is 3. The molecule has 2 aromatic heterocycles. The largest absolute Gasteiger partial charge is 0.327 e. The Kier molecular flexibility index (Phi) is 2.85. The van der Waals surface area contributed by atoms with Gasteiger partial charge in [-0.15, -0.1) is 0 Å².